The van der Waals surface area contributed by atoms with E-state index in [0.29, 0.717) is 0 Å². The quantitative estimate of drug-likeness (QED) is 0.779. The zero-order valence-corrected chi connectivity index (χ0v) is 13.1. The van der Waals surface area contributed by atoms with Crippen LogP contribution in [0.25, 0.3) is 0 Å². The number of amides is 1. The van der Waals surface area contributed by atoms with Crippen molar-refractivity contribution < 1.29 is 13.2 Å². The second-order valence-corrected chi connectivity index (χ2v) is 7.54. The summed E-state index contributed by atoms with van der Waals surface area (Å²) in [6, 6.07) is 6.80. The van der Waals surface area contributed by atoms with E-state index in [1.165, 1.54) is 22.8 Å². The van der Waals surface area contributed by atoms with Crippen molar-refractivity contribution in [3.05, 3.63) is 38.7 Å². The van der Waals surface area contributed by atoms with Crippen molar-refractivity contribution in [1.82, 2.24) is 10.0 Å². The Kier molecular flexibility index (Phi) is 5.08. The maximum Gasteiger partial charge on any atom is 0.263 e. The largest absolute Gasteiger partial charge is 0.338 e. The third kappa shape index (κ3) is 3.89. The number of carbonyl (C=O) groups is 1. The topological polar surface area (TPSA) is 99.1 Å². The van der Waals surface area contributed by atoms with Crippen LogP contribution in [-0.2, 0) is 16.6 Å². The van der Waals surface area contributed by atoms with Crippen molar-refractivity contribution >= 4 is 38.6 Å². The van der Waals surface area contributed by atoms with Gasteiger partial charge < -0.3 is 5.32 Å². The van der Waals surface area contributed by atoms with Gasteiger partial charge in [-0.2, -0.15) is 5.26 Å². The van der Waals surface area contributed by atoms with E-state index < -0.39 is 15.9 Å². The Morgan fingerprint density at radius 2 is 2.10 bits per heavy atom. The molecule has 2 aromatic rings. The fourth-order valence-corrected chi connectivity index (χ4v) is 4.62. The molecule has 9 heteroatoms. The summed E-state index contributed by atoms with van der Waals surface area (Å²) < 4.78 is 26.9. The summed E-state index contributed by atoms with van der Waals surface area (Å²) in [6.07, 6.45) is 0. The summed E-state index contributed by atoms with van der Waals surface area (Å²) in [6.45, 7) is 0.00788. The Morgan fingerprint density at radius 3 is 2.76 bits per heavy atom. The first-order valence-corrected chi connectivity index (χ1v) is 9.03. The van der Waals surface area contributed by atoms with Crippen molar-refractivity contribution in [3.63, 3.8) is 0 Å². The SMILES string of the molecule is N#CCNC(=O)c1sccc1S(=O)(=O)NCc1cccs1. The van der Waals surface area contributed by atoms with E-state index in [4.69, 9.17) is 5.26 Å². The Balaban J connectivity index is 2.15. The maximum absolute atomic E-state index is 12.2. The lowest BCUT2D eigenvalue weighted by molar-refractivity contribution is 0.0959. The molecule has 0 aromatic carbocycles. The number of sulfonamides is 1. The molecule has 0 radical (unpaired) electrons. The van der Waals surface area contributed by atoms with Crippen LogP contribution in [0.2, 0.25) is 0 Å². The maximum atomic E-state index is 12.2. The van der Waals surface area contributed by atoms with Crippen molar-refractivity contribution in [2.75, 3.05) is 6.54 Å². The summed E-state index contributed by atoms with van der Waals surface area (Å²) in [5, 5.41) is 14.2. The van der Waals surface area contributed by atoms with Gasteiger partial charge >= 0.3 is 0 Å². The highest BCUT2D eigenvalue weighted by atomic mass is 32.2. The van der Waals surface area contributed by atoms with Crippen LogP contribution in [0, 0.1) is 11.3 Å². The minimum atomic E-state index is -3.77. The Morgan fingerprint density at radius 1 is 1.29 bits per heavy atom. The molecule has 0 saturated carbocycles. The highest BCUT2D eigenvalue weighted by Crippen LogP contribution is 2.22. The minimum absolute atomic E-state index is 0.0699. The standard InChI is InChI=1S/C12H11N3O3S3/c13-4-5-14-12(16)11-10(3-7-20-11)21(17,18)15-8-9-2-1-6-19-9/h1-3,6-7,15H,5,8H2,(H,14,16). The number of carbonyl (C=O) groups excluding carboxylic acids is 1. The molecule has 0 atom stereocenters. The van der Waals surface area contributed by atoms with E-state index in [9.17, 15) is 13.2 Å². The molecule has 0 spiro atoms. The van der Waals surface area contributed by atoms with Crippen LogP contribution in [0.1, 0.15) is 14.5 Å². The van der Waals surface area contributed by atoms with E-state index in [-0.39, 0.29) is 22.9 Å². The lowest BCUT2D eigenvalue weighted by atomic mass is 10.4. The van der Waals surface area contributed by atoms with Crippen LogP contribution in [0.5, 0.6) is 0 Å². The van der Waals surface area contributed by atoms with Crippen molar-refractivity contribution in [2.24, 2.45) is 0 Å². The van der Waals surface area contributed by atoms with Gasteiger partial charge in [0.15, 0.2) is 0 Å². The molecule has 21 heavy (non-hydrogen) atoms. The summed E-state index contributed by atoms with van der Waals surface area (Å²) in [5.41, 5.74) is 0. The van der Waals surface area contributed by atoms with Crippen LogP contribution in [-0.4, -0.2) is 20.9 Å². The van der Waals surface area contributed by atoms with Gasteiger partial charge in [0, 0.05) is 11.4 Å². The van der Waals surface area contributed by atoms with Crippen LogP contribution in [0.3, 0.4) is 0 Å². The van der Waals surface area contributed by atoms with E-state index in [2.05, 4.69) is 10.0 Å². The van der Waals surface area contributed by atoms with E-state index in [0.717, 1.165) is 16.2 Å². The lowest BCUT2D eigenvalue weighted by Gasteiger charge is -2.06. The zero-order valence-electron chi connectivity index (χ0n) is 10.7. The predicted octanol–water partition coefficient (Wildman–Crippen LogP) is 1.54. The summed E-state index contributed by atoms with van der Waals surface area (Å²) in [4.78, 5) is 12.7. The first-order chi connectivity index (χ1) is 10.0. The van der Waals surface area contributed by atoms with Gasteiger partial charge in [-0.1, -0.05) is 6.07 Å². The Bertz CT molecular complexity index is 757. The second-order valence-electron chi connectivity index (χ2n) is 3.86. The number of thiophene rings is 2. The molecular formula is C12H11N3O3S3. The first-order valence-electron chi connectivity index (χ1n) is 5.79. The molecule has 2 N–H and O–H groups in total. The Labute approximate surface area is 130 Å². The smallest absolute Gasteiger partial charge is 0.263 e. The van der Waals surface area contributed by atoms with Gasteiger partial charge in [0.2, 0.25) is 10.0 Å². The molecule has 6 nitrogen and oxygen atoms in total. The molecule has 2 aromatic heterocycles. The van der Waals surface area contributed by atoms with Gasteiger partial charge in [0.05, 0.1) is 6.07 Å². The number of nitriles is 1. The summed E-state index contributed by atoms with van der Waals surface area (Å²) in [7, 11) is -3.77. The molecule has 0 unspecified atom stereocenters. The van der Waals surface area contributed by atoms with Gasteiger partial charge in [-0.05, 0) is 22.9 Å². The van der Waals surface area contributed by atoms with Crippen LogP contribution < -0.4 is 10.0 Å². The predicted molar refractivity (Wildman–Crippen MR) is 80.6 cm³/mol. The first kappa shape index (κ1) is 15.7. The molecule has 2 heterocycles. The van der Waals surface area contributed by atoms with E-state index >= 15 is 0 Å². The minimum Gasteiger partial charge on any atom is -0.338 e. The molecule has 0 aliphatic carbocycles. The monoisotopic (exact) mass is 341 g/mol. The number of nitrogens with zero attached hydrogens (tertiary/aromatic N) is 1. The molecule has 0 aliphatic rings. The van der Waals surface area contributed by atoms with Crippen LogP contribution in [0.15, 0.2) is 33.9 Å². The Hall–Kier alpha value is -1.73. The van der Waals surface area contributed by atoms with Gasteiger partial charge in [-0.3, -0.25) is 4.79 Å². The van der Waals surface area contributed by atoms with Crippen molar-refractivity contribution in [2.45, 2.75) is 11.4 Å². The normalized spacial score (nSPS) is 11.0. The highest BCUT2D eigenvalue weighted by Gasteiger charge is 2.23. The van der Waals surface area contributed by atoms with Gasteiger partial charge in [0.25, 0.3) is 5.91 Å². The van der Waals surface area contributed by atoms with Gasteiger partial charge in [-0.25, -0.2) is 13.1 Å². The number of hydrogen-bond donors (Lipinski definition) is 2. The molecular weight excluding hydrogens is 330 g/mol. The number of hydrogen-bond acceptors (Lipinski definition) is 6. The van der Waals surface area contributed by atoms with E-state index in [1.54, 1.807) is 6.07 Å². The summed E-state index contributed by atoms with van der Waals surface area (Å²) >= 11 is 2.46. The van der Waals surface area contributed by atoms with Crippen LogP contribution >= 0.6 is 22.7 Å². The third-order valence-corrected chi connectivity index (χ3v) is 5.83. The average molecular weight is 341 g/mol. The highest BCUT2D eigenvalue weighted by molar-refractivity contribution is 7.89. The molecule has 0 saturated heterocycles. The third-order valence-electron chi connectivity index (χ3n) is 2.47. The molecule has 0 aliphatic heterocycles. The van der Waals surface area contributed by atoms with Gasteiger partial charge in [-0.15, -0.1) is 22.7 Å². The molecule has 110 valence electrons. The molecule has 0 bridgehead atoms. The van der Waals surface area contributed by atoms with E-state index in [1.807, 2.05) is 17.5 Å². The van der Waals surface area contributed by atoms with Crippen molar-refractivity contribution in [3.8, 4) is 6.07 Å². The lowest BCUT2D eigenvalue weighted by Crippen LogP contribution is -2.27. The number of rotatable bonds is 6. The molecule has 1 amide bonds. The van der Waals surface area contributed by atoms with Gasteiger partial charge in [0.1, 0.15) is 16.3 Å². The van der Waals surface area contributed by atoms with Crippen molar-refractivity contribution in [1.29, 1.82) is 5.26 Å². The zero-order chi connectivity index (χ0) is 15.3. The summed E-state index contributed by atoms with van der Waals surface area (Å²) in [5.74, 6) is -0.567. The molecule has 2 rings (SSSR count). The van der Waals surface area contributed by atoms with Crippen LogP contribution in [0.4, 0.5) is 0 Å². The second kappa shape index (κ2) is 6.82. The number of nitrogens with one attached hydrogen (secondary N) is 2. The fraction of sp³-hybridized carbons (Fsp3) is 0.167. The molecule has 0 fully saturated rings. The fourth-order valence-electron chi connectivity index (χ4n) is 1.53. The average Bonchev–Trinajstić information content (AvgIpc) is 3.13.